The minimum absolute atomic E-state index is 0. The van der Waals surface area contributed by atoms with Crippen molar-refractivity contribution in [3.05, 3.63) is 39.6 Å². The van der Waals surface area contributed by atoms with E-state index in [1.165, 1.54) is 11.3 Å². The molecule has 2 heterocycles. The van der Waals surface area contributed by atoms with E-state index in [4.69, 9.17) is 11.6 Å². The highest BCUT2D eigenvalue weighted by atomic mass is 127. The molecule has 2 aromatic heterocycles. The van der Waals surface area contributed by atoms with E-state index in [-0.39, 0.29) is 24.0 Å². The Hall–Kier alpha value is -0.840. The first-order valence-corrected chi connectivity index (χ1v) is 9.72. The van der Waals surface area contributed by atoms with Crippen molar-refractivity contribution in [1.82, 2.24) is 20.2 Å². The number of hydrogen-bond donors (Lipinski definition) is 3. The summed E-state index contributed by atoms with van der Waals surface area (Å²) in [6.07, 6.45) is 5.31. The standard InChI is InChI=1S/C17H26ClN5OS.HI/c1-3-19-17(22-12-14(24)15-6-7-16(18)25-15)21-8-4-5-10-23-11-9-20-13(23)2;/h6-7,9,11,14,24H,3-5,8,10,12H2,1-2H3,(H2,19,21,22);1H. The van der Waals surface area contributed by atoms with Crippen LogP contribution >= 0.6 is 46.9 Å². The van der Waals surface area contributed by atoms with E-state index in [9.17, 15) is 5.11 Å². The quantitative estimate of drug-likeness (QED) is 0.208. The number of aryl methyl sites for hydroxylation is 2. The molecular weight excluding hydrogens is 485 g/mol. The average Bonchev–Trinajstić information content (AvgIpc) is 3.20. The van der Waals surface area contributed by atoms with E-state index < -0.39 is 6.10 Å². The molecular formula is C17H27ClIN5OS. The highest BCUT2D eigenvalue weighted by molar-refractivity contribution is 14.0. The van der Waals surface area contributed by atoms with Gasteiger partial charge in [0.25, 0.3) is 0 Å². The van der Waals surface area contributed by atoms with Gasteiger partial charge >= 0.3 is 0 Å². The van der Waals surface area contributed by atoms with Crippen LogP contribution in [0.25, 0.3) is 0 Å². The second kappa shape index (κ2) is 12.5. The van der Waals surface area contributed by atoms with Crippen LogP contribution in [0.15, 0.2) is 29.5 Å². The fourth-order valence-electron chi connectivity index (χ4n) is 2.37. The van der Waals surface area contributed by atoms with Crippen molar-refractivity contribution < 1.29 is 5.11 Å². The Bertz CT molecular complexity index is 676. The second-order valence-corrected chi connectivity index (χ2v) is 7.43. The van der Waals surface area contributed by atoms with Crippen LogP contribution in [0.5, 0.6) is 0 Å². The van der Waals surface area contributed by atoms with E-state index in [0.717, 1.165) is 49.1 Å². The van der Waals surface area contributed by atoms with Crippen LogP contribution in [0, 0.1) is 6.92 Å². The van der Waals surface area contributed by atoms with Gasteiger partial charge in [-0.3, -0.25) is 4.99 Å². The van der Waals surface area contributed by atoms with Crippen LogP contribution in [0.3, 0.4) is 0 Å². The molecule has 0 fully saturated rings. The maximum atomic E-state index is 10.2. The first-order valence-electron chi connectivity index (χ1n) is 8.53. The van der Waals surface area contributed by atoms with Crippen LogP contribution in [0.4, 0.5) is 0 Å². The third-order valence-electron chi connectivity index (χ3n) is 3.73. The lowest BCUT2D eigenvalue weighted by atomic mass is 10.3. The van der Waals surface area contributed by atoms with Gasteiger partial charge in [-0.1, -0.05) is 11.6 Å². The van der Waals surface area contributed by atoms with Gasteiger partial charge in [0.2, 0.25) is 0 Å². The fourth-order valence-corrected chi connectivity index (χ4v) is 3.41. The number of aliphatic hydroxyl groups excluding tert-OH is 1. The van der Waals surface area contributed by atoms with Gasteiger partial charge in [0.1, 0.15) is 11.9 Å². The molecule has 1 atom stereocenters. The Labute approximate surface area is 181 Å². The van der Waals surface area contributed by atoms with Gasteiger partial charge in [0.15, 0.2) is 5.96 Å². The number of unbranched alkanes of at least 4 members (excludes halogenated alkanes) is 1. The number of hydrogen-bond acceptors (Lipinski definition) is 4. The molecule has 2 aromatic rings. The third-order valence-corrected chi connectivity index (χ3v) is 5.06. The lowest BCUT2D eigenvalue weighted by Gasteiger charge is -2.13. The zero-order valence-corrected chi connectivity index (χ0v) is 19.0. The van der Waals surface area contributed by atoms with Crippen LogP contribution in [0.2, 0.25) is 4.34 Å². The van der Waals surface area contributed by atoms with Gasteiger partial charge in [-0.05, 0) is 38.8 Å². The van der Waals surface area contributed by atoms with Crippen molar-refractivity contribution in [2.24, 2.45) is 4.99 Å². The molecule has 0 saturated heterocycles. The molecule has 0 aliphatic heterocycles. The minimum Gasteiger partial charge on any atom is -0.386 e. The van der Waals surface area contributed by atoms with E-state index in [1.807, 2.05) is 32.3 Å². The van der Waals surface area contributed by atoms with Crippen molar-refractivity contribution in [3.8, 4) is 0 Å². The molecule has 0 saturated carbocycles. The summed E-state index contributed by atoms with van der Waals surface area (Å²) in [5.74, 6) is 1.77. The lowest BCUT2D eigenvalue weighted by Crippen LogP contribution is -2.38. The van der Waals surface area contributed by atoms with Gasteiger partial charge in [-0.15, -0.1) is 35.3 Å². The Kier molecular flexibility index (Phi) is 11.2. The Morgan fingerprint density at radius 1 is 1.38 bits per heavy atom. The minimum atomic E-state index is -0.628. The molecule has 0 radical (unpaired) electrons. The van der Waals surface area contributed by atoms with Crippen LogP contribution in [-0.4, -0.2) is 40.3 Å². The van der Waals surface area contributed by atoms with Gasteiger partial charge in [-0.25, -0.2) is 4.98 Å². The summed E-state index contributed by atoms with van der Waals surface area (Å²) in [6, 6.07) is 3.63. The Morgan fingerprint density at radius 2 is 2.19 bits per heavy atom. The van der Waals surface area contributed by atoms with Crippen LogP contribution in [0.1, 0.15) is 36.6 Å². The molecule has 3 N–H and O–H groups in total. The first-order chi connectivity index (χ1) is 12.1. The first kappa shape index (κ1) is 23.2. The van der Waals surface area contributed by atoms with Gasteiger partial charge in [-0.2, -0.15) is 0 Å². The summed E-state index contributed by atoms with van der Waals surface area (Å²) >= 11 is 7.29. The van der Waals surface area contributed by atoms with Crippen LogP contribution < -0.4 is 10.6 Å². The number of imidazole rings is 1. The predicted molar refractivity (Wildman–Crippen MR) is 120 cm³/mol. The number of aliphatic imine (C=N–C) groups is 1. The summed E-state index contributed by atoms with van der Waals surface area (Å²) < 4.78 is 2.83. The van der Waals surface area contributed by atoms with Crippen LogP contribution in [-0.2, 0) is 6.54 Å². The summed E-state index contributed by atoms with van der Waals surface area (Å²) in [5.41, 5.74) is 0. The molecule has 0 aromatic carbocycles. The largest absolute Gasteiger partial charge is 0.386 e. The van der Waals surface area contributed by atoms with E-state index in [2.05, 4.69) is 25.2 Å². The molecule has 0 amide bonds. The Balaban J connectivity index is 0.00000338. The second-order valence-electron chi connectivity index (χ2n) is 5.68. The van der Waals surface area contributed by atoms with Crippen molar-refractivity contribution in [3.63, 3.8) is 0 Å². The SMILES string of the molecule is CCNC(=NCC(O)c1ccc(Cl)s1)NCCCCn1ccnc1C.I. The van der Waals surface area contributed by atoms with E-state index in [1.54, 1.807) is 6.07 Å². The number of nitrogens with one attached hydrogen (secondary N) is 2. The summed E-state index contributed by atoms with van der Waals surface area (Å²) in [6.45, 7) is 6.93. The molecule has 0 bridgehead atoms. The van der Waals surface area contributed by atoms with Crippen molar-refractivity contribution in [2.45, 2.75) is 39.3 Å². The monoisotopic (exact) mass is 511 g/mol. The number of thiophene rings is 1. The van der Waals surface area contributed by atoms with Crippen molar-refractivity contribution in [2.75, 3.05) is 19.6 Å². The zero-order chi connectivity index (χ0) is 18.1. The molecule has 0 spiro atoms. The normalized spacial score (nSPS) is 12.5. The smallest absolute Gasteiger partial charge is 0.191 e. The molecule has 0 aliphatic carbocycles. The number of aromatic nitrogens is 2. The predicted octanol–water partition coefficient (Wildman–Crippen LogP) is 3.59. The number of halogens is 2. The zero-order valence-electron chi connectivity index (χ0n) is 15.1. The van der Waals surface area contributed by atoms with Gasteiger partial charge in [0.05, 0.1) is 10.9 Å². The number of nitrogens with zero attached hydrogens (tertiary/aromatic N) is 3. The molecule has 146 valence electrons. The molecule has 1 unspecified atom stereocenters. The van der Waals surface area contributed by atoms with Crippen molar-refractivity contribution in [1.29, 1.82) is 0 Å². The van der Waals surface area contributed by atoms with Gasteiger partial charge < -0.3 is 20.3 Å². The highest BCUT2D eigenvalue weighted by Crippen LogP contribution is 2.26. The molecule has 26 heavy (non-hydrogen) atoms. The average molecular weight is 512 g/mol. The maximum absolute atomic E-state index is 10.2. The number of rotatable bonds is 9. The Morgan fingerprint density at radius 3 is 2.81 bits per heavy atom. The highest BCUT2D eigenvalue weighted by Gasteiger charge is 2.10. The lowest BCUT2D eigenvalue weighted by molar-refractivity contribution is 0.191. The number of guanidine groups is 1. The maximum Gasteiger partial charge on any atom is 0.191 e. The van der Waals surface area contributed by atoms with Gasteiger partial charge in [0, 0.05) is 36.9 Å². The van der Waals surface area contributed by atoms with Crippen molar-refractivity contribution >= 4 is 52.9 Å². The molecule has 6 nitrogen and oxygen atoms in total. The number of aliphatic hydroxyl groups is 1. The summed E-state index contributed by atoms with van der Waals surface area (Å²) in [4.78, 5) is 9.51. The molecule has 0 aliphatic rings. The topological polar surface area (TPSA) is 74.5 Å². The third kappa shape index (κ3) is 7.81. The summed E-state index contributed by atoms with van der Waals surface area (Å²) in [5, 5.41) is 16.7. The van der Waals surface area contributed by atoms with E-state index in [0.29, 0.717) is 10.9 Å². The fraction of sp³-hybridized carbons (Fsp3) is 0.529. The summed E-state index contributed by atoms with van der Waals surface area (Å²) in [7, 11) is 0. The molecule has 9 heteroatoms. The molecule has 2 rings (SSSR count). The van der Waals surface area contributed by atoms with E-state index >= 15 is 0 Å².